The van der Waals surface area contributed by atoms with Gasteiger partial charge in [0, 0.05) is 25.8 Å². The summed E-state index contributed by atoms with van der Waals surface area (Å²) in [6, 6.07) is 12.6. The summed E-state index contributed by atoms with van der Waals surface area (Å²) >= 11 is 9.06. The van der Waals surface area contributed by atoms with Crippen LogP contribution in [0, 0.1) is 0 Å². The Bertz CT molecular complexity index is 813. The highest BCUT2D eigenvalue weighted by Crippen LogP contribution is 2.46. The van der Waals surface area contributed by atoms with E-state index in [4.69, 9.17) is 5.73 Å². The highest BCUT2D eigenvalue weighted by molar-refractivity contribution is 9.13. The van der Waals surface area contributed by atoms with Crippen LogP contribution in [-0.4, -0.2) is 22.4 Å². The summed E-state index contributed by atoms with van der Waals surface area (Å²) < 4.78 is 3.93. The SMILES string of the molecule is Cn1nccc1-c1sc(NC(CN)Cc2ccccc2)c(Br)c1Br. The smallest absolute Gasteiger partial charge is 0.105 e. The maximum absolute atomic E-state index is 5.98. The molecule has 126 valence electrons. The minimum atomic E-state index is 0.175. The molecule has 7 heteroatoms. The molecule has 0 spiro atoms. The summed E-state index contributed by atoms with van der Waals surface area (Å²) in [5, 5.41) is 8.90. The molecule has 0 aliphatic carbocycles. The average Bonchev–Trinajstić information content (AvgIpc) is 3.13. The number of rotatable bonds is 6. The zero-order valence-electron chi connectivity index (χ0n) is 13.2. The third kappa shape index (κ3) is 3.74. The number of aryl methyl sites for hydroxylation is 1. The van der Waals surface area contributed by atoms with Gasteiger partial charge in [0.2, 0.25) is 0 Å². The number of thiophene rings is 1. The second kappa shape index (κ2) is 7.82. The Labute approximate surface area is 162 Å². The third-order valence-corrected chi connectivity index (χ3v) is 7.58. The van der Waals surface area contributed by atoms with Crippen LogP contribution in [0.1, 0.15) is 5.56 Å². The standard InChI is InChI=1S/C17H18Br2N4S/c1-23-13(7-8-21-23)16-14(18)15(19)17(24-16)22-12(10-20)9-11-5-3-2-4-6-11/h2-8,12,22H,9-10,20H2,1H3. The Balaban J connectivity index is 1.83. The highest BCUT2D eigenvalue weighted by atomic mass is 79.9. The second-order valence-corrected chi connectivity index (χ2v) is 8.10. The summed E-state index contributed by atoms with van der Waals surface area (Å²) in [7, 11) is 1.95. The van der Waals surface area contributed by atoms with Crippen molar-refractivity contribution in [2.75, 3.05) is 11.9 Å². The van der Waals surface area contributed by atoms with E-state index in [1.807, 2.05) is 23.9 Å². The first kappa shape index (κ1) is 17.7. The Morgan fingerprint density at radius 3 is 2.58 bits per heavy atom. The van der Waals surface area contributed by atoms with Gasteiger partial charge in [0.15, 0.2) is 0 Å². The van der Waals surface area contributed by atoms with Gasteiger partial charge in [-0.3, -0.25) is 4.68 Å². The number of nitrogens with zero attached hydrogens (tertiary/aromatic N) is 2. The quantitative estimate of drug-likeness (QED) is 0.552. The van der Waals surface area contributed by atoms with Gasteiger partial charge in [-0.05, 0) is 49.9 Å². The normalized spacial score (nSPS) is 12.3. The van der Waals surface area contributed by atoms with Crippen LogP contribution in [0.3, 0.4) is 0 Å². The molecular weight excluding hydrogens is 452 g/mol. The molecule has 0 saturated heterocycles. The van der Waals surface area contributed by atoms with Crippen LogP contribution >= 0.6 is 43.2 Å². The predicted octanol–water partition coefficient (Wildman–Crippen LogP) is 4.66. The van der Waals surface area contributed by atoms with Crippen molar-refractivity contribution in [1.82, 2.24) is 9.78 Å². The van der Waals surface area contributed by atoms with Crippen LogP contribution in [-0.2, 0) is 13.5 Å². The summed E-state index contributed by atoms with van der Waals surface area (Å²) in [5.74, 6) is 0. The van der Waals surface area contributed by atoms with E-state index in [0.717, 1.165) is 30.9 Å². The van der Waals surface area contributed by atoms with Crippen LogP contribution < -0.4 is 11.1 Å². The van der Waals surface area contributed by atoms with Gasteiger partial charge < -0.3 is 11.1 Å². The molecule has 2 heterocycles. The maximum Gasteiger partial charge on any atom is 0.105 e. The molecule has 2 aromatic heterocycles. The number of halogens is 2. The summed E-state index contributed by atoms with van der Waals surface area (Å²) in [4.78, 5) is 1.14. The van der Waals surface area contributed by atoms with E-state index in [9.17, 15) is 0 Å². The van der Waals surface area contributed by atoms with Crippen molar-refractivity contribution < 1.29 is 0 Å². The number of aromatic nitrogens is 2. The second-order valence-electron chi connectivity index (χ2n) is 5.50. The molecule has 4 nitrogen and oxygen atoms in total. The van der Waals surface area contributed by atoms with Crippen molar-refractivity contribution in [3.8, 4) is 10.6 Å². The fourth-order valence-electron chi connectivity index (χ4n) is 2.52. The van der Waals surface area contributed by atoms with Crippen LogP contribution in [0.2, 0.25) is 0 Å². The Kier molecular flexibility index (Phi) is 5.76. The lowest BCUT2D eigenvalue weighted by molar-refractivity contribution is 0.726. The zero-order valence-corrected chi connectivity index (χ0v) is 17.2. The summed E-state index contributed by atoms with van der Waals surface area (Å²) in [5.41, 5.74) is 8.34. The average molecular weight is 470 g/mol. The molecule has 1 unspecified atom stereocenters. The molecule has 24 heavy (non-hydrogen) atoms. The van der Waals surface area contributed by atoms with Crippen molar-refractivity contribution in [3.63, 3.8) is 0 Å². The summed E-state index contributed by atoms with van der Waals surface area (Å²) in [6.07, 6.45) is 2.70. The van der Waals surface area contributed by atoms with Gasteiger partial charge >= 0.3 is 0 Å². The number of benzene rings is 1. The van der Waals surface area contributed by atoms with Gasteiger partial charge in [-0.15, -0.1) is 11.3 Å². The third-order valence-electron chi connectivity index (χ3n) is 3.79. The number of anilines is 1. The first-order chi connectivity index (χ1) is 11.6. The molecule has 0 aliphatic rings. The van der Waals surface area contributed by atoms with Crippen molar-refractivity contribution in [1.29, 1.82) is 0 Å². The molecule has 0 fully saturated rings. The van der Waals surface area contributed by atoms with E-state index in [-0.39, 0.29) is 6.04 Å². The largest absolute Gasteiger partial charge is 0.372 e. The van der Waals surface area contributed by atoms with Crippen LogP contribution in [0.4, 0.5) is 5.00 Å². The molecule has 0 aliphatic heterocycles. The van der Waals surface area contributed by atoms with E-state index in [1.165, 1.54) is 5.56 Å². The number of hydrogen-bond acceptors (Lipinski definition) is 4. The van der Waals surface area contributed by atoms with Gasteiger partial charge in [0.05, 0.1) is 19.5 Å². The van der Waals surface area contributed by atoms with Gasteiger partial charge in [-0.25, -0.2) is 0 Å². The molecule has 1 aromatic carbocycles. The van der Waals surface area contributed by atoms with E-state index in [1.54, 1.807) is 17.5 Å². The van der Waals surface area contributed by atoms with E-state index >= 15 is 0 Å². The van der Waals surface area contributed by atoms with Gasteiger partial charge in [0.25, 0.3) is 0 Å². The van der Waals surface area contributed by atoms with Crippen molar-refractivity contribution in [2.45, 2.75) is 12.5 Å². The zero-order chi connectivity index (χ0) is 17.1. The van der Waals surface area contributed by atoms with Crippen LogP contribution in [0.25, 0.3) is 10.6 Å². The van der Waals surface area contributed by atoms with Gasteiger partial charge in [-0.2, -0.15) is 5.10 Å². The lowest BCUT2D eigenvalue weighted by Gasteiger charge is -2.17. The molecule has 0 amide bonds. The van der Waals surface area contributed by atoms with E-state index in [0.29, 0.717) is 6.54 Å². The van der Waals surface area contributed by atoms with Crippen molar-refractivity contribution >= 4 is 48.2 Å². The molecule has 3 aromatic rings. The molecule has 0 bridgehead atoms. The molecule has 0 saturated carbocycles. The fraction of sp³-hybridized carbons (Fsp3) is 0.235. The monoisotopic (exact) mass is 468 g/mol. The van der Waals surface area contributed by atoms with Crippen LogP contribution in [0.15, 0.2) is 51.5 Å². The molecule has 3 N–H and O–H groups in total. The first-order valence-corrected chi connectivity index (χ1v) is 9.97. The van der Waals surface area contributed by atoms with E-state index < -0.39 is 0 Å². The minimum Gasteiger partial charge on any atom is -0.372 e. The molecule has 0 radical (unpaired) electrons. The van der Waals surface area contributed by atoms with Crippen molar-refractivity contribution in [2.24, 2.45) is 12.8 Å². The minimum absolute atomic E-state index is 0.175. The first-order valence-electron chi connectivity index (χ1n) is 7.56. The topological polar surface area (TPSA) is 55.9 Å². The van der Waals surface area contributed by atoms with Crippen LogP contribution in [0.5, 0.6) is 0 Å². The molecule has 1 atom stereocenters. The maximum atomic E-state index is 5.98. The lowest BCUT2D eigenvalue weighted by Crippen LogP contribution is -2.30. The Morgan fingerprint density at radius 2 is 1.96 bits per heavy atom. The molecular formula is C17H18Br2N4S. The fourth-order valence-corrected chi connectivity index (χ4v) is 5.10. The Hall–Kier alpha value is -1.15. The highest BCUT2D eigenvalue weighted by Gasteiger charge is 2.19. The number of hydrogen-bond donors (Lipinski definition) is 2. The van der Waals surface area contributed by atoms with E-state index in [2.05, 4.69) is 66.5 Å². The Morgan fingerprint density at radius 1 is 1.21 bits per heavy atom. The summed E-state index contributed by atoms with van der Waals surface area (Å²) in [6.45, 7) is 0.567. The van der Waals surface area contributed by atoms with Gasteiger partial charge in [-0.1, -0.05) is 30.3 Å². The predicted molar refractivity (Wildman–Crippen MR) is 109 cm³/mol. The number of nitrogens with one attached hydrogen (secondary N) is 1. The lowest BCUT2D eigenvalue weighted by atomic mass is 10.1. The molecule has 3 rings (SSSR count). The number of nitrogens with two attached hydrogens (primary N) is 1. The van der Waals surface area contributed by atoms with Gasteiger partial charge in [0.1, 0.15) is 5.00 Å². The van der Waals surface area contributed by atoms with Crippen molar-refractivity contribution in [3.05, 3.63) is 57.1 Å².